The van der Waals surface area contributed by atoms with Crippen LogP contribution in [0.15, 0.2) is 0 Å². The Bertz CT molecular complexity index is 241. The molecular formula is C15H28N2O. The number of carbonyl (C=O) groups excluding carboxylic acids is 1. The monoisotopic (exact) mass is 252 g/mol. The van der Waals surface area contributed by atoms with Crippen LogP contribution in [0.3, 0.4) is 0 Å². The summed E-state index contributed by atoms with van der Waals surface area (Å²) >= 11 is 0. The summed E-state index contributed by atoms with van der Waals surface area (Å²) in [4.78, 5) is 14.2. The lowest BCUT2D eigenvalue weighted by Gasteiger charge is -2.41. The largest absolute Gasteiger partial charge is 0.345 e. The summed E-state index contributed by atoms with van der Waals surface area (Å²) in [5, 5.41) is 0. The molecule has 0 unspecified atom stereocenters. The van der Waals surface area contributed by atoms with Crippen molar-refractivity contribution in [3.05, 3.63) is 0 Å². The highest BCUT2D eigenvalue weighted by Gasteiger charge is 2.27. The van der Waals surface area contributed by atoms with Crippen LogP contribution in [0.2, 0.25) is 0 Å². The van der Waals surface area contributed by atoms with E-state index in [0.717, 1.165) is 31.5 Å². The van der Waals surface area contributed by atoms with Crippen molar-refractivity contribution in [2.24, 2.45) is 5.92 Å². The first-order valence-corrected chi connectivity index (χ1v) is 7.77. The number of piperidine rings is 1. The summed E-state index contributed by atoms with van der Waals surface area (Å²) in [6.45, 7) is 7.07. The highest BCUT2D eigenvalue weighted by Crippen LogP contribution is 2.29. The van der Waals surface area contributed by atoms with Crippen molar-refractivity contribution in [1.29, 1.82) is 0 Å². The van der Waals surface area contributed by atoms with E-state index in [1.807, 2.05) is 0 Å². The van der Waals surface area contributed by atoms with Crippen LogP contribution >= 0.6 is 0 Å². The van der Waals surface area contributed by atoms with Gasteiger partial charge in [0.15, 0.2) is 0 Å². The van der Waals surface area contributed by atoms with Crippen LogP contribution < -0.4 is 0 Å². The first kappa shape index (κ1) is 13.9. The van der Waals surface area contributed by atoms with Crippen LogP contribution in [0.1, 0.15) is 51.9 Å². The number of amides is 1. The molecule has 3 nitrogen and oxygen atoms in total. The lowest BCUT2D eigenvalue weighted by Crippen LogP contribution is -2.44. The third-order valence-corrected chi connectivity index (χ3v) is 4.86. The molecule has 0 radical (unpaired) electrons. The number of likely N-dealkylation sites (tertiary alicyclic amines) is 2. The predicted molar refractivity (Wildman–Crippen MR) is 74.5 cm³/mol. The molecule has 1 amide bonds. The van der Waals surface area contributed by atoms with Gasteiger partial charge in [0.2, 0.25) is 6.41 Å². The molecule has 0 bridgehead atoms. The van der Waals surface area contributed by atoms with Crippen molar-refractivity contribution in [3.8, 4) is 0 Å². The molecule has 2 aliphatic heterocycles. The summed E-state index contributed by atoms with van der Waals surface area (Å²) in [6.07, 6.45) is 10.9. The van der Waals surface area contributed by atoms with Crippen molar-refractivity contribution < 1.29 is 4.79 Å². The second kappa shape index (κ2) is 7.13. The molecule has 0 aromatic heterocycles. The SMILES string of the molecule is CCC1CCN(C2CCC2)CC1.O=CN1CCC1. The van der Waals surface area contributed by atoms with E-state index in [1.54, 1.807) is 4.90 Å². The summed E-state index contributed by atoms with van der Waals surface area (Å²) in [5.41, 5.74) is 0. The summed E-state index contributed by atoms with van der Waals surface area (Å²) in [5.74, 6) is 1.04. The van der Waals surface area contributed by atoms with Crippen molar-refractivity contribution >= 4 is 6.41 Å². The fourth-order valence-electron chi connectivity index (χ4n) is 2.92. The molecule has 2 heterocycles. The Morgan fingerprint density at radius 2 is 1.67 bits per heavy atom. The molecule has 3 fully saturated rings. The number of nitrogens with zero attached hydrogens (tertiary/aromatic N) is 2. The Kier molecular flexibility index (Phi) is 5.48. The van der Waals surface area contributed by atoms with Gasteiger partial charge in [0.05, 0.1) is 0 Å². The maximum atomic E-state index is 9.71. The Hall–Kier alpha value is -0.570. The average molecular weight is 252 g/mol. The maximum absolute atomic E-state index is 9.71. The Balaban J connectivity index is 0.000000169. The topological polar surface area (TPSA) is 23.6 Å². The zero-order valence-corrected chi connectivity index (χ0v) is 11.8. The number of carbonyl (C=O) groups is 1. The van der Waals surface area contributed by atoms with Crippen LogP contribution in [-0.4, -0.2) is 48.4 Å². The van der Waals surface area contributed by atoms with Crippen LogP contribution in [0, 0.1) is 5.92 Å². The fourth-order valence-corrected chi connectivity index (χ4v) is 2.92. The molecule has 104 valence electrons. The smallest absolute Gasteiger partial charge is 0.209 e. The van der Waals surface area contributed by atoms with Gasteiger partial charge in [-0.3, -0.25) is 4.79 Å². The van der Waals surface area contributed by atoms with E-state index >= 15 is 0 Å². The van der Waals surface area contributed by atoms with Gasteiger partial charge in [-0.1, -0.05) is 19.8 Å². The van der Waals surface area contributed by atoms with E-state index in [2.05, 4.69) is 11.8 Å². The molecule has 0 N–H and O–H groups in total. The Morgan fingerprint density at radius 1 is 1.00 bits per heavy atom. The van der Waals surface area contributed by atoms with Gasteiger partial charge in [0, 0.05) is 19.1 Å². The number of rotatable bonds is 3. The molecule has 18 heavy (non-hydrogen) atoms. The second-order valence-electron chi connectivity index (χ2n) is 5.97. The van der Waals surface area contributed by atoms with Crippen LogP contribution in [-0.2, 0) is 4.79 Å². The minimum atomic E-state index is 0.892. The van der Waals surface area contributed by atoms with Gasteiger partial charge in [-0.25, -0.2) is 0 Å². The Morgan fingerprint density at radius 3 is 1.94 bits per heavy atom. The fraction of sp³-hybridized carbons (Fsp3) is 0.933. The average Bonchev–Trinajstić information content (AvgIpc) is 2.27. The van der Waals surface area contributed by atoms with Crippen LogP contribution in [0.5, 0.6) is 0 Å². The highest BCUT2D eigenvalue weighted by atomic mass is 16.1. The van der Waals surface area contributed by atoms with E-state index in [1.165, 1.54) is 58.0 Å². The zero-order valence-electron chi connectivity index (χ0n) is 11.8. The lowest BCUT2D eigenvalue weighted by atomic mass is 9.87. The lowest BCUT2D eigenvalue weighted by molar-refractivity contribution is -0.121. The normalized spacial score (nSPS) is 25.7. The molecule has 0 aromatic carbocycles. The first-order chi connectivity index (χ1) is 8.83. The summed E-state index contributed by atoms with van der Waals surface area (Å²) in [6, 6.07) is 0.989. The van der Waals surface area contributed by atoms with E-state index in [4.69, 9.17) is 0 Å². The quantitative estimate of drug-likeness (QED) is 0.721. The highest BCUT2D eigenvalue weighted by molar-refractivity contribution is 5.48. The summed E-state index contributed by atoms with van der Waals surface area (Å²) in [7, 11) is 0. The van der Waals surface area contributed by atoms with Gasteiger partial charge in [-0.05, 0) is 51.1 Å². The molecule has 2 saturated heterocycles. The molecular weight excluding hydrogens is 224 g/mol. The third-order valence-electron chi connectivity index (χ3n) is 4.86. The van der Waals surface area contributed by atoms with Crippen molar-refractivity contribution in [3.63, 3.8) is 0 Å². The van der Waals surface area contributed by atoms with Gasteiger partial charge < -0.3 is 9.80 Å². The molecule has 0 spiro atoms. The van der Waals surface area contributed by atoms with Crippen molar-refractivity contribution in [1.82, 2.24) is 9.80 Å². The van der Waals surface area contributed by atoms with Gasteiger partial charge in [-0.15, -0.1) is 0 Å². The standard InChI is InChI=1S/C11H21N.C4H7NO/c1-2-10-6-8-12(9-7-10)11-4-3-5-11;6-4-5-2-1-3-5/h10-11H,2-9H2,1H3;4H,1-3H2. The molecule has 3 rings (SSSR count). The molecule has 3 heteroatoms. The van der Waals surface area contributed by atoms with Gasteiger partial charge >= 0.3 is 0 Å². The maximum Gasteiger partial charge on any atom is 0.209 e. The molecule has 1 aliphatic carbocycles. The minimum absolute atomic E-state index is 0.892. The van der Waals surface area contributed by atoms with Crippen molar-refractivity contribution in [2.75, 3.05) is 26.2 Å². The van der Waals surface area contributed by atoms with E-state index in [-0.39, 0.29) is 0 Å². The number of hydrogen-bond donors (Lipinski definition) is 0. The third kappa shape index (κ3) is 3.71. The van der Waals surface area contributed by atoms with Crippen LogP contribution in [0.25, 0.3) is 0 Å². The number of hydrogen-bond acceptors (Lipinski definition) is 2. The second-order valence-corrected chi connectivity index (χ2v) is 5.97. The zero-order chi connectivity index (χ0) is 12.8. The Labute approximate surface area is 112 Å². The van der Waals surface area contributed by atoms with Gasteiger partial charge in [-0.2, -0.15) is 0 Å². The molecule has 3 aliphatic rings. The summed E-state index contributed by atoms with van der Waals surface area (Å²) < 4.78 is 0. The van der Waals surface area contributed by atoms with E-state index in [0.29, 0.717) is 0 Å². The van der Waals surface area contributed by atoms with Crippen molar-refractivity contribution in [2.45, 2.75) is 57.9 Å². The molecule has 0 atom stereocenters. The van der Waals surface area contributed by atoms with E-state index < -0.39 is 0 Å². The van der Waals surface area contributed by atoms with Gasteiger partial charge in [0.1, 0.15) is 0 Å². The first-order valence-electron chi connectivity index (χ1n) is 7.77. The molecule has 1 saturated carbocycles. The van der Waals surface area contributed by atoms with E-state index in [9.17, 15) is 4.79 Å². The van der Waals surface area contributed by atoms with Gasteiger partial charge in [0.25, 0.3) is 0 Å². The molecule has 0 aromatic rings. The predicted octanol–water partition coefficient (Wildman–Crippen LogP) is 2.51. The minimum Gasteiger partial charge on any atom is -0.345 e. The van der Waals surface area contributed by atoms with Crippen LogP contribution in [0.4, 0.5) is 0 Å².